The molecular formula is C9H15O. The van der Waals surface area contributed by atoms with Crippen LogP contribution in [0.2, 0.25) is 0 Å². The van der Waals surface area contributed by atoms with Gasteiger partial charge >= 0.3 is 0 Å². The predicted octanol–water partition coefficient (Wildman–Crippen LogP) is 2.17. The number of hydrogen-bond donors (Lipinski definition) is 0. The van der Waals surface area contributed by atoms with Gasteiger partial charge in [0.1, 0.15) is 0 Å². The largest absolute Gasteiger partial charge is 0.291 e. The van der Waals surface area contributed by atoms with Crippen molar-refractivity contribution in [3.8, 4) is 0 Å². The Morgan fingerprint density at radius 3 is 2.50 bits per heavy atom. The standard InChI is InChI=1S/C9H15O/c1-7-3-4-8(2)9(5-7)6-10/h7-9H,3-5H2,1-2H3/t7?,8-,9-/m0/s1. The monoisotopic (exact) mass is 139 g/mol. The van der Waals surface area contributed by atoms with Gasteiger partial charge in [0.25, 0.3) is 0 Å². The Morgan fingerprint density at radius 1 is 1.30 bits per heavy atom. The molecule has 57 valence electrons. The highest BCUT2D eigenvalue weighted by molar-refractivity contribution is 5.55. The molecule has 1 aliphatic rings. The molecule has 1 rings (SSSR count). The van der Waals surface area contributed by atoms with Crippen LogP contribution in [0, 0.1) is 17.8 Å². The van der Waals surface area contributed by atoms with Crippen molar-refractivity contribution in [1.29, 1.82) is 0 Å². The summed E-state index contributed by atoms with van der Waals surface area (Å²) in [6, 6.07) is 0. The predicted molar refractivity (Wildman–Crippen MR) is 41.4 cm³/mol. The van der Waals surface area contributed by atoms with E-state index in [0.29, 0.717) is 5.92 Å². The third kappa shape index (κ3) is 1.59. The van der Waals surface area contributed by atoms with E-state index in [1.54, 1.807) is 0 Å². The van der Waals surface area contributed by atoms with Crippen LogP contribution in [0.5, 0.6) is 0 Å². The first kappa shape index (κ1) is 7.77. The smallest absolute Gasteiger partial charge is 0.202 e. The molecule has 1 heteroatoms. The van der Waals surface area contributed by atoms with Crippen molar-refractivity contribution < 1.29 is 4.79 Å². The third-order valence-corrected chi connectivity index (χ3v) is 2.61. The third-order valence-electron chi connectivity index (χ3n) is 2.61. The first-order chi connectivity index (χ1) is 4.74. The van der Waals surface area contributed by atoms with E-state index in [-0.39, 0.29) is 5.92 Å². The van der Waals surface area contributed by atoms with Crippen molar-refractivity contribution in [1.82, 2.24) is 0 Å². The molecule has 1 saturated carbocycles. The van der Waals surface area contributed by atoms with Crippen LogP contribution in [0.3, 0.4) is 0 Å². The van der Waals surface area contributed by atoms with Crippen LogP contribution in [-0.2, 0) is 4.79 Å². The Balaban J connectivity index is 2.45. The summed E-state index contributed by atoms with van der Waals surface area (Å²) in [4.78, 5) is 10.4. The van der Waals surface area contributed by atoms with E-state index < -0.39 is 0 Å². The molecule has 0 heterocycles. The summed E-state index contributed by atoms with van der Waals surface area (Å²) in [5, 5.41) is 0. The van der Waals surface area contributed by atoms with Crippen LogP contribution >= 0.6 is 0 Å². The van der Waals surface area contributed by atoms with Gasteiger partial charge in [0, 0.05) is 5.92 Å². The lowest BCUT2D eigenvalue weighted by Crippen LogP contribution is -2.22. The van der Waals surface area contributed by atoms with Gasteiger partial charge in [-0.05, 0) is 24.7 Å². The minimum atomic E-state index is 0.226. The lowest BCUT2D eigenvalue weighted by molar-refractivity contribution is 0.253. The minimum Gasteiger partial charge on any atom is -0.291 e. The summed E-state index contributed by atoms with van der Waals surface area (Å²) in [6.07, 6.45) is 5.69. The number of hydrogen-bond acceptors (Lipinski definition) is 1. The number of carbonyl (C=O) groups excluding carboxylic acids is 1. The molecular weight excluding hydrogens is 124 g/mol. The van der Waals surface area contributed by atoms with Crippen LogP contribution in [0.25, 0.3) is 0 Å². The molecule has 0 aliphatic heterocycles. The molecule has 0 spiro atoms. The van der Waals surface area contributed by atoms with Gasteiger partial charge < -0.3 is 0 Å². The van der Waals surface area contributed by atoms with E-state index in [4.69, 9.17) is 0 Å². The molecule has 1 unspecified atom stereocenters. The fourth-order valence-electron chi connectivity index (χ4n) is 1.70. The Morgan fingerprint density at radius 2 is 2.00 bits per heavy atom. The van der Waals surface area contributed by atoms with Gasteiger partial charge in [0.2, 0.25) is 6.29 Å². The summed E-state index contributed by atoms with van der Waals surface area (Å²) in [6.45, 7) is 4.37. The van der Waals surface area contributed by atoms with Crippen LogP contribution in [0.15, 0.2) is 0 Å². The van der Waals surface area contributed by atoms with Gasteiger partial charge in [0.05, 0.1) is 0 Å². The van der Waals surface area contributed by atoms with Crippen molar-refractivity contribution in [2.24, 2.45) is 17.8 Å². The molecule has 0 N–H and O–H groups in total. The highest BCUT2D eigenvalue weighted by Gasteiger charge is 2.25. The number of rotatable bonds is 1. The van der Waals surface area contributed by atoms with E-state index in [2.05, 4.69) is 20.1 Å². The fraction of sp³-hybridized carbons (Fsp3) is 0.889. The lowest BCUT2D eigenvalue weighted by atomic mass is 9.76. The Kier molecular flexibility index (Phi) is 2.47. The van der Waals surface area contributed by atoms with Crippen molar-refractivity contribution in [3.63, 3.8) is 0 Å². The maximum atomic E-state index is 10.4. The summed E-state index contributed by atoms with van der Waals surface area (Å²) in [7, 11) is 0. The molecule has 0 amide bonds. The molecule has 0 aromatic rings. The zero-order chi connectivity index (χ0) is 7.56. The second kappa shape index (κ2) is 3.18. The molecule has 10 heavy (non-hydrogen) atoms. The molecule has 1 aliphatic carbocycles. The zero-order valence-corrected chi connectivity index (χ0v) is 6.76. The van der Waals surface area contributed by atoms with E-state index in [1.165, 1.54) is 12.8 Å². The average Bonchev–Trinajstić information content (AvgIpc) is 1.94. The van der Waals surface area contributed by atoms with E-state index in [0.717, 1.165) is 12.3 Å². The van der Waals surface area contributed by atoms with E-state index in [1.807, 2.05) is 0 Å². The second-order valence-corrected chi connectivity index (χ2v) is 3.62. The van der Waals surface area contributed by atoms with Crippen LogP contribution in [0.4, 0.5) is 0 Å². The first-order valence-electron chi connectivity index (χ1n) is 4.11. The van der Waals surface area contributed by atoms with Gasteiger partial charge in [-0.3, -0.25) is 4.79 Å². The Hall–Kier alpha value is -0.330. The zero-order valence-electron chi connectivity index (χ0n) is 6.76. The summed E-state index contributed by atoms with van der Waals surface area (Å²) in [5.74, 6) is 1.54. The first-order valence-corrected chi connectivity index (χ1v) is 4.11. The minimum absolute atomic E-state index is 0.226. The molecule has 3 atom stereocenters. The second-order valence-electron chi connectivity index (χ2n) is 3.62. The topological polar surface area (TPSA) is 17.1 Å². The molecule has 0 bridgehead atoms. The Labute approximate surface area is 62.8 Å². The molecule has 1 nitrogen and oxygen atoms in total. The van der Waals surface area contributed by atoms with E-state index >= 15 is 0 Å². The van der Waals surface area contributed by atoms with Crippen LogP contribution in [0.1, 0.15) is 33.1 Å². The van der Waals surface area contributed by atoms with Gasteiger partial charge in [-0.1, -0.05) is 20.3 Å². The maximum Gasteiger partial charge on any atom is 0.202 e. The highest BCUT2D eigenvalue weighted by Crippen LogP contribution is 2.31. The van der Waals surface area contributed by atoms with E-state index in [9.17, 15) is 4.79 Å². The van der Waals surface area contributed by atoms with Gasteiger partial charge in [-0.15, -0.1) is 0 Å². The summed E-state index contributed by atoms with van der Waals surface area (Å²) >= 11 is 0. The average molecular weight is 139 g/mol. The Bertz CT molecular complexity index is 120. The summed E-state index contributed by atoms with van der Waals surface area (Å²) in [5.41, 5.74) is 0. The van der Waals surface area contributed by atoms with Crippen LogP contribution < -0.4 is 0 Å². The molecule has 0 saturated heterocycles. The van der Waals surface area contributed by atoms with Crippen molar-refractivity contribution in [3.05, 3.63) is 0 Å². The van der Waals surface area contributed by atoms with Crippen LogP contribution in [-0.4, -0.2) is 6.29 Å². The van der Waals surface area contributed by atoms with Crippen molar-refractivity contribution in [2.45, 2.75) is 33.1 Å². The maximum absolute atomic E-state index is 10.4. The van der Waals surface area contributed by atoms with Gasteiger partial charge in [0.15, 0.2) is 0 Å². The molecule has 1 fully saturated rings. The molecule has 0 aromatic heterocycles. The van der Waals surface area contributed by atoms with Gasteiger partial charge in [-0.2, -0.15) is 0 Å². The van der Waals surface area contributed by atoms with Crippen molar-refractivity contribution >= 4 is 6.29 Å². The quantitative estimate of drug-likeness (QED) is 0.544. The highest BCUT2D eigenvalue weighted by atomic mass is 16.1. The lowest BCUT2D eigenvalue weighted by Gasteiger charge is -2.27. The van der Waals surface area contributed by atoms with Crippen molar-refractivity contribution in [2.75, 3.05) is 0 Å². The fourth-order valence-corrected chi connectivity index (χ4v) is 1.70. The SMILES string of the molecule is CC1CC[C@H](C)[C@H]([C]=O)C1. The van der Waals surface area contributed by atoms with Gasteiger partial charge in [-0.25, -0.2) is 0 Å². The normalized spacial score (nSPS) is 41.2. The molecule has 1 radical (unpaired) electrons. The summed E-state index contributed by atoms with van der Waals surface area (Å²) < 4.78 is 0. The molecule has 0 aromatic carbocycles.